The normalized spacial score (nSPS) is 17.4. The zero-order valence-corrected chi connectivity index (χ0v) is 20.9. The molecule has 4 rings (SSSR count). The molecule has 1 atom stereocenters. The van der Waals surface area contributed by atoms with Gasteiger partial charge in [-0.05, 0) is 50.5 Å². The Morgan fingerprint density at radius 2 is 2.00 bits per heavy atom. The number of nitrogens with two attached hydrogens (primary N) is 1. The monoisotopic (exact) mass is 518 g/mol. The van der Waals surface area contributed by atoms with Crippen LogP contribution in [0.5, 0.6) is 11.6 Å². The van der Waals surface area contributed by atoms with Crippen LogP contribution in [-0.4, -0.2) is 36.4 Å². The average molecular weight is 519 g/mol. The number of hydrogen-bond acceptors (Lipinski definition) is 7. The number of nitrogens with zero attached hydrogens (tertiary/aromatic N) is 3. The van der Waals surface area contributed by atoms with E-state index < -0.39 is 21.6 Å². The number of pyridine rings is 2. The summed E-state index contributed by atoms with van der Waals surface area (Å²) in [4.78, 5) is 22.6. The average Bonchev–Trinajstić information content (AvgIpc) is 3.07. The van der Waals surface area contributed by atoms with Gasteiger partial charge in [-0.25, -0.2) is 22.8 Å². The van der Waals surface area contributed by atoms with Gasteiger partial charge in [-0.1, -0.05) is 24.6 Å². The molecule has 1 unspecified atom stereocenters. The molecule has 0 bridgehead atoms. The van der Waals surface area contributed by atoms with Crippen LogP contribution in [0.4, 0.5) is 10.2 Å². The molecule has 1 fully saturated rings. The zero-order valence-electron chi connectivity index (χ0n) is 19.3. The first kappa shape index (κ1) is 24.9. The van der Waals surface area contributed by atoms with E-state index in [2.05, 4.69) is 16.9 Å². The molecule has 3 aromatic rings. The number of anilines is 1. The molecule has 11 heteroatoms. The van der Waals surface area contributed by atoms with Crippen LogP contribution in [0.25, 0.3) is 0 Å². The molecular weight excluding hydrogens is 495 g/mol. The largest absolute Gasteiger partial charge is 0.439 e. The molecular formula is C24H24ClFN4O4S. The molecule has 1 aliphatic heterocycles. The molecule has 184 valence electrons. The Kier molecular flexibility index (Phi) is 6.46. The van der Waals surface area contributed by atoms with E-state index in [0.29, 0.717) is 12.5 Å². The van der Waals surface area contributed by atoms with Crippen molar-refractivity contribution in [2.45, 2.75) is 42.7 Å². The molecule has 1 amide bonds. The first-order chi connectivity index (χ1) is 16.4. The summed E-state index contributed by atoms with van der Waals surface area (Å²) in [7, 11) is -4.29. The second-order valence-corrected chi connectivity index (χ2v) is 11.4. The number of halogens is 2. The van der Waals surface area contributed by atoms with Crippen molar-refractivity contribution in [2.75, 3.05) is 11.4 Å². The van der Waals surface area contributed by atoms with Gasteiger partial charge in [0.2, 0.25) is 15.7 Å². The van der Waals surface area contributed by atoms with E-state index in [-0.39, 0.29) is 43.5 Å². The predicted octanol–water partition coefficient (Wildman–Crippen LogP) is 4.62. The van der Waals surface area contributed by atoms with E-state index >= 15 is 0 Å². The van der Waals surface area contributed by atoms with E-state index in [1.165, 1.54) is 42.6 Å². The summed E-state index contributed by atoms with van der Waals surface area (Å²) in [5, 5.41) is -0.502. The summed E-state index contributed by atoms with van der Waals surface area (Å²) < 4.78 is 46.2. The third kappa shape index (κ3) is 4.81. The molecule has 0 spiro atoms. The van der Waals surface area contributed by atoms with Crippen LogP contribution in [-0.2, 0) is 9.84 Å². The number of ether oxygens (including phenoxy) is 1. The van der Waals surface area contributed by atoms with Crippen molar-refractivity contribution in [3.05, 3.63) is 65.1 Å². The van der Waals surface area contributed by atoms with E-state index in [9.17, 15) is 17.6 Å². The van der Waals surface area contributed by atoms with Crippen molar-refractivity contribution in [3.8, 4) is 11.6 Å². The lowest BCUT2D eigenvalue weighted by Gasteiger charge is -2.33. The van der Waals surface area contributed by atoms with E-state index in [4.69, 9.17) is 22.1 Å². The van der Waals surface area contributed by atoms with Crippen molar-refractivity contribution in [2.24, 2.45) is 11.7 Å². The summed E-state index contributed by atoms with van der Waals surface area (Å²) in [5.74, 6) is -0.864. The topological polar surface area (TPSA) is 115 Å². The fraction of sp³-hybridized carbons (Fsp3) is 0.292. The van der Waals surface area contributed by atoms with E-state index in [1.54, 1.807) is 0 Å². The van der Waals surface area contributed by atoms with Gasteiger partial charge in [-0.15, -0.1) is 0 Å². The lowest BCUT2D eigenvalue weighted by Crippen LogP contribution is -2.40. The predicted molar refractivity (Wildman–Crippen MR) is 129 cm³/mol. The molecule has 1 aromatic carbocycles. The lowest BCUT2D eigenvalue weighted by atomic mass is 9.97. The molecule has 8 nitrogen and oxygen atoms in total. The van der Waals surface area contributed by atoms with E-state index in [0.717, 1.165) is 12.5 Å². The molecule has 0 radical (unpaired) electrons. The maximum absolute atomic E-state index is 13.6. The number of carbonyl (C=O) groups is 1. The van der Waals surface area contributed by atoms with Crippen molar-refractivity contribution in [3.63, 3.8) is 0 Å². The Hall–Kier alpha value is -3.24. The van der Waals surface area contributed by atoms with Gasteiger partial charge >= 0.3 is 0 Å². The number of rotatable bonds is 6. The van der Waals surface area contributed by atoms with Crippen LogP contribution < -0.4 is 15.4 Å². The van der Waals surface area contributed by atoms with Gasteiger partial charge in [-0.3, -0.25) is 4.79 Å². The van der Waals surface area contributed by atoms with Crippen LogP contribution in [0.2, 0.25) is 5.02 Å². The molecule has 0 aliphatic carbocycles. The van der Waals surface area contributed by atoms with Gasteiger partial charge in [0, 0.05) is 30.4 Å². The van der Waals surface area contributed by atoms with Crippen LogP contribution >= 0.6 is 11.6 Å². The number of benzene rings is 1. The SMILES string of the molecule is CC1CN(c2nccc(S(=O)(=O)c3cccc(Oc4ccc(F)c(Cl)c4)n3)c2C(N)=O)C(C)(C)C1. The summed E-state index contributed by atoms with van der Waals surface area (Å²) >= 11 is 5.78. The molecule has 0 saturated carbocycles. The smallest absolute Gasteiger partial charge is 0.253 e. The standard InChI is InChI=1S/C24H24ClFN4O4S/c1-14-12-24(2,3)30(13-14)23-21(22(27)31)18(9-10-28-23)35(32,33)20-6-4-5-19(29-20)34-15-7-8-17(26)16(25)11-15/h4-11,14H,12-13H2,1-3H3,(H2,27,31). The minimum Gasteiger partial charge on any atom is -0.439 e. The number of amides is 1. The highest BCUT2D eigenvalue weighted by atomic mass is 35.5. The molecule has 2 aromatic heterocycles. The van der Waals surface area contributed by atoms with Crippen molar-refractivity contribution in [1.82, 2.24) is 9.97 Å². The summed E-state index contributed by atoms with van der Waals surface area (Å²) in [6, 6.07) is 9.11. The van der Waals surface area contributed by atoms with Gasteiger partial charge < -0.3 is 15.4 Å². The van der Waals surface area contributed by atoms with Gasteiger partial charge in [-0.2, -0.15) is 0 Å². The summed E-state index contributed by atoms with van der Waals surface area (Å²) in [5.41, 5.74) is 5.15. The summed E-state index contributed by atoms with van der Waals surface area (Å²) in [6.07, 6.45) is 2.19. The Morgan fingerprint density at radius 1 is 1.26 bits per heavy atom. The zero-order chi connectivity index (χ0) is 25.5. The minimum atomic E-state index is -4.29. The highest BCUT2D eigenvalue weighted by Gasteiger charge is 2.40. The maximum atomic E-state index is 13.6. The molecule has 1 saturated heterocycles. The fourth-order valence-corrected chi connectivity index (χ4v) is 5.99. The quantitative estimate of drug-likeness (QED) is 0.506. The van der Waals surface area contributed by atoms with Gasteiger partial charge in [0.25, 0.3) is 5.91 Å². The Morgan fingerprint density at radius 3 is 2.63 bits per heavy atom. The van der Waals surface area contributed by atoms with Gasteiger partial charge in [0.15, 0.2) is 5.03 Å². The summed E-state index contributed by atoms with van der Waals surface area (Å²) in [6.45, 7) is 6.70. The number of sulfone groups is 1. The van der Waals surface area contributed by atoms with Crippen molar-refractivity contribution in [1.29, 1.82) is 0 Å². The minimum absolute atomic E-state index is 0.0573. The van der Waals surface area contributed by atoms with Gasteiger partial charge in [0.05, 0.1) is 9.92 Å². The van der Waals surface area contributed by atoms with Crippen LogP contribution in [0, 0.1) is 11.7 Å². The highest BCUT2D eigenvalue weighted by Crippen LogP contribution is 2.39. The third-order valence-electron chi connectivity index (χ3n) is 5.84. The second-order valence-electron chi connectivity index (χ2n) is 9.10. The third-order valence-corrected chi connectivity index (χ3v) is 7.83. The molecule has 1 aliphatic rings. The van der Waals surface area contributed by atoms with Gasteiger partial charge in [0.1, 0.15) is 22.9 Å². The first-order valence-corrected chi connectivity index (χ1v) is 12.7. The van der Waals surface area contributed by atoms with E-state index in [1.807, 2.05) is 18.7 Å². The molecule has 35 heavy (non-hydrogen) atoms. The van der Waals surface area contributed by atoms with Crippen LogP contribution in [0.1, 0.15) is 37.6 Å². The molecule has 2 N–H and O–H groups in total. The van der Waals surface area contributed by atoms with Crippen LogP contribution in [0.3, 0.4) is 0 Å². The van der Waals surface area contributed by atoms with Crippen LogP contribution in [0.15, 0.2) is 58.6 Å². The van der Waals surface area contributed by atoms with Crippen molar-refractivity contribution < 1.29 is 22.3 Å². The number of primary amides is 1. The Bertz CT molecular complexity index is 1410. The fourth-order valence-electron chi connectivity index (χ4n) is 4.43. The molecule has 3 heterocycles. The number of hydrogen-bond donors (Lipinski definition) is 1. The Labute approximate surface area is 207 Å². The maximum Gasteiger partial charge on any atom is 0.253 e. The highest BCUT2D eigenvalue weighted by molar-refractivity contribution is 7.91. The number of carbonyl (C=O) groups excluding carboxylic acids is 1. The van der Waals surface area contributed by atoms with Crippen molar-refractivity contribution >= 4 is 33.2 Å². The first-order valence-electron chi connectivity index (χ1n) is 10.8. The second kappa shape index (κ2) is 9.09. The Balaban J connectivity index is 1.77. The lowest BCUT2D eigenvalue weighted by molar-refractivity contribution is 0.0997. The number of aromatic nitrogens is 2.